The lowest BCUT2D eigenvalue weighted by Crippen LogP contribution is -2.22. The Labute approximate surface area is 120 Å². The van der Waals surface area contributed by atoms with Gasteiger partial charge in [0.05, 0.1) is 11.4 Å². The molecule has 0 unspecified atom stereocenters. The third-order valence-corrected chi connectivity index (χ3v) is 3.64. The molecule has 0 radical (unpaired) electrons. The maximum atomic E-state index is 12.0. The Morgan fingerprint density at radius 3 is 2.95 bits per heavy atom. The van der Waals surface area contributed by atoms with Gasteiger partial charge in [0.25, 0.3) is 5.56 Å². The van der Waals surface area contributed by atoms with Crippen LogP contribution in [0.3, 0.4) is 0 Å². The molecule has 0 saturated heterocycles. The predicted molar refractivity (Wildman–Crippen MR) is 77.9 cm³/mol. The number of phenolic OH excluding ortho intramolecular Hbond substituents is 1. The molecule has 1 heterocycles. The number of aromatic nitrogens is 2. The van der Waals surface area contributed by atoms with E-state index in [-0.39, 0.29) is 11.3 Å². The van der Waals surface area contributed by atoms with Crippen LogP contribution in [0.2, 0.25) is 5.02 Å². The van der Waals surface area contributed by atoms with E-state index in [1.807, 2.05) is 0 Å². The van der Waals surface area contributed by atoms with Crippen molar-refractivity contribution in [3.05, 3.63) is 44.8 Å². The van der Waals surface area contributed by atoms with E-state index in [2.05, 4.69) is 15.3 Å². The van der Waals surface area contributed by atoms with Crippen molar-refractivity contribution in [2.24, 2.45) is 0 Å². The third-order valence-electron chi connectivity index (χ3n) is 3.40. The number of rotatable bonds is 2. The Bertz CT molecular complexity index is 712. The molecule has 0 saturated carbocycles. The van der Waals surface area contributed by atoms with Gasteiger partial charge >= 0.3 is 0 Å². The van der Waals surface area contributed by atoms with Crippen LogP contribution in [0.1, 0.15) is 24.1 Å². The van der Waals surface area contributed by atoms with Gasteiger partial charge in [-0.05, 0) is 43.9 Å². The number of aromatic amines is 1. The van der Waals surface area contributed by atoms with Gasteiger partial charge in [0.15, 0.2) is 0 Å². The molecule has 0 amide bonds. The average Bonchev–Trinajstić information content (AvgIpc) is 2.43. The SMILES string of the molecule is O=c1[nH]c(Nc2cc(Cl)ccc2O)nc2c1CCCC2. The number of anilines is 2. The smallest absolute Gasteiger partial charge is 0.255 e. The standard InChI is InChI=1S/C14H14ClN3O2/c15-8-5-6-12(19)11(7-8)17-14-16-10-4-2-1-3-9(10)13(20)18-14/h5-7,19H,1-4H2,(H2,16,17,18,20). The van der Waals surface area contributed by atoms with Gasteiger partial charge in [-0.3, -0.25) is 9.78 Å². The molecule has 6 heteroatoms. The fourth-order valence-electron chi connectivity index (χ4n) is 2.40. The molecule has 1 aromatic carbocycles. The quantitative estimate of drug-likeness (QED) is 0.744. The minimum absolute atomic E-state index is 0.0507. The Hall–Kier alpha value is -2.01. The molecular formula is C14H14ClN3O2. The number of benzene rings is 1. The van der Waals surface area contributed by atoms with Crippen LogP contribution in [0.5, 0.6) is 5.75 Å². The van der Waals surface area contributed by atoms with Crippen LogP contribution in [0.15, 0.2) is 23.0 Å². The summed E-state index contributed by atoms with van der Waals surface area (Å²) in [5.41, 5.74) is 1.91. The van der Waals surface area contributed by atoms with Gasteiger partial charge in [0, 0.05) is 10.6 Å². The average molecular weight is 292 g/mol. The highest BCUT2D eigenvalue weighted by molar-refractivity contribution is 6.30. The normalized spacial score (nSPS) is 13.8. The van der Waals surface area contributed by atoms with Crippen molar-refractivity contribution in [1.82, 2.24) is 9.97 Å². The summed E-state index contributed by atoms with van der Waals surface area (Å²) in [6.45, 7) is 0. The molecule has 0 atom stereocenters. The van der Waals surface area contributed by atoms with Crippen molar-refractivity contribution in [2.75, 3.05) is 5.32 Å². The lowest BCUT2D eigenvalue weighted by Gasteiger charge is -2.15. The molecular weight excluding hydrogens is 278 g/mol. The van der Waals surface area contributed by atoms with Crippen LogP contribution in [0.25, 0.3) is 0 Å². The number of phenols is 1. The molecule has 1 aliphatic rings. The van der Waals surface area contributed by atoms with Gasteiger partial charge in [0.2, 0.25) is 5.95 Å². The number of H-pyrrole nitrogens is 1. The highest BCUT2D eigenvalue weighted by Crippen LogP contribution is 2.28. The Kier molecular flexibility index (Phi) is 3.36. The van der Waals surface area contributed by atoms with E-state index in [0.29, 0.717) is 16.7 Å². The van der Waals surface area contributed by atoms with Crippen molar-refractivity contribution in [3.63, 3.8) is 0 Å². The summed E-state index contributed by atoms with van der Waals surface area (Å²) in [4.78, 5) is 19.1. The molecule has 3 N–H and O–H groups in total. The summed E-state index contributed by atoms with van der Waals surface area (Å²) >= 11 is 5.89. The van der Waals surface area contributed by atoms with Crippen LogP contribution < -0.4 is 10.9 Å². The number of aromatic hydroxyl groups is 1. The van der Waals surface area contributed by atoms with E-state index in [4.69, 9.17) is 11.6 Å². The number of aryl methyl sites for hydroxylation is 1. The molecule has 1 aliphatic carbocycles. The Morgan fingerprint density at radius 1 is 1.30 bits per heavy atom. The van der Waals surface area contributed by atoms with E-state index in [9.17, 15) is 9.90 Å². The number of fused-ring (bicyclic) bond motifs is 1. The predicted octanol–water partition coefficient (Wildman–Crippen LogP) is 2.75. The van der Waals surface area contributed by atoms with Gasteiger partial charge in [-0.2, -0.15) is 0 Å². The van der Waals surface area contributed by atoms with Crippen LogP contribution >= 0.6 is 11.6 Å². The third kappa shape index (κ3) is 2.49. The summed E-state index contributed by atoms with van der Waals surface area (Å²) in [6, 6.07) is 4.66. The number of hydrogen-bond donors (Lipinski definition) is 3. The first-order valence-electron chi connectivity index (χ1n) is 6.51. The fraction of sp³-hybridized carbons (Fsp3) is 0.286. The first-order valence-corrected chi connectivity index (χ1v) is 6.89. The molecule has 5 nitrogen and oxygen atoms in total. The van der Waals surface area contributed by atoms with Crippen molar-refractivity contribution in [2.45, 2.75) is 25.7 Å². The van der Waals surface area contributed by atoms with E-state index in [1.54, 1.807) is 12.1 Å². The fourth-order valence-corrected chi connectivity index (χ4v) is 2.57. The van der Waals surface area contributed by atoms with Gasteiger partial charge in [-0.1, -0.05) is 11.6 Å². The molecule has 3 rings (SSSR count). The lowest BCUT2D eigenvalue weighted by atomic mass is 9.97. The monoisotopic (exact) mass is 291 g/mol. The summed E-state index contributed by atoms with van der Waals surface area (Å²) in [5, 5.41) is 13.2. The van der Waals surface area contributed by atoms with E-state index in [1.165, 1.54) is 6.07 Å². The van der Waals surface area contributed by atoms with Gasteiger partial charge in [-0.15, -0.1) is 0 Å². The molecule has 1 aromatic heterocycles. The number of nitrogens with one attached hydrogen (secondary N) is 2. The topological polar surface area (TPSA) is 78.0 Å². The Morgan fingerprint density at radius 2 is 2.10 bits per heavy atom. The first-order chi connectivity index (χ1) is 9.63. The molecule has 0 spiro atoms. The van der Waals surface area contributed by atoms with Crippen LogP contribution in [-0.2, 0) is 12.8 Å². The Balaban J connectivity index is 1.97. The number of halogens is 1. The minimum Gasteiger partial charge on any atom is -0.506 e. The minimum atomic E-state index is -0.112. The molecule has 0 fully saturated rings. The van der Waals surface area contributed by atoms with Crippen molar-refractivity contribution in [3.8, 4) is 5.75 Å². The molecule has 2 aromatic rings. The highest BCUT2D eigenvalue weighted by atomic mass is 35.5. The van der Waals surface area contributed by atoms with Crippen molar-refractivity contribution >= 4 is 23.2 Å². The number of hydrogen-bond acceptors (Lipinski definition) is 4. The maximum absolute atomic E-state index is 12.0. The summed E-state index contributed by atoms with van der Waals surface area (Å²) < 4.78 is 0. The second-order valence-electron chi connectivity index (χ2n) is 4.83. The van der Waals surface area contributed by atoms with E-state index in [0.717, 1.165) is 36.9 Å². The summed E-state index contributed by atoms with van der Waals surface area (Å²) in [6.07, 6.45) is 3.67. The zero-order valence-corrected chi connectivity index (χ0v) is 11.5. The number of nitrogens with zero attached hydrogens (tertiary/aromatic N) is 1. The van der Waals surface area contributed by atoms with E-state index < -0.39 is 0 Å². The first kappa shape index (κ1) is 13.0. The summed E-state index contributed by atoms with van der Waals surface area (Å²) in [7, 11) is 0. The van der Waals surface area contributed by atoms with Gasteiger partial charge < -0.3 is 10.4 Å². The zero-order valence-electron chi connectivity index (χ0n) is 10.7. The summed E-state index contributed by atoms with van der Waals surface area (Å²) in [5.74, 6) is 0.378. The zero-order chi connectivity index (χ0) is 14.1. The van der Waals surface area contributed by atoms with Crippen LogP contribution in [0, 0.1) is 0 Å². The van der Waals surface area contributed by atoms with Gasteiger partial charge in [-0.25, -0.2) is 4.98 Å². The largest absolute Gasteiger partial charge is 0.506 e. The molecule has 0 aliphatic heterocycles. The molecule has 0 bridgehead atoms. The van der Waals surface area contributed by atoms with Crippen molar-refractivity contribution < 1.29 is 5.11 Å². The van der Waals surface area contributed by atoms with Crippen LogP contribution in [-0.4, -0.2) is 15.1 Å². The second-order valence-corrected chi connectivity index (χ2v) is 5.27. The maximum Gasteiger partial charge on any atom is 0.255 e. The van der Waals surface area contributed by atoms with Gasteiger partial charge in [0.1, 0.15) is 5.75 Å². The molecule has 20 heavy (non-hydrogen) atoms. The van der Waals surface area contributed by atoms with E-state index >= 15 is 0 Å². The van der Waals surface area contributed by atoms with Crippen LogP contribution in [0.4, 0.5) is 11.6 Å². The lowest BCUT2D eigenvalue weighted by molar-refractivity contribution is 0.477. The second kappa shape index (κ2) is 5.17. The molecule has 104 valence electrons. The highest BCUT2D eigenvalue weighted by Gasteiger charge is 2.16. The van der Waals surface area contributed by atoms with Crippen molar-refractivity contribution in [1.29, 1.82) is 0 Å².